The van der Waals surface area contributed by atoms with Gasteiger partial charge in [0.1, 0.15) is 5.69 Å². The molecule has 5 aromatic carbocycles. The molecule has 2 heterocycles. The predicted molar refractivity (Wildman–Crippen MR) is 203 cm³/mol. The Morgan fingerprint density at radius 1 is 0.827 bits per heavy atom. The van der Waals surface area contributed by atoms with Crippen LogP contribution in [0.1, 0.15) is 70.6 Å². The topological polar surface area (TPSA) is 96.8 Å². The van der Waals surface area contributed by atoms with Crippen LogP contribution in [0.4, 0.5) is 0 Å². The van der Waals surface area contributed by atoms with Gasteiger partial charge in [-0.1, -0.05) is 122 Å². The van der Waals surface area contributed by atoms with Gasteiger partial charge >= 0.3 is 0 Å². The maximum absolute atomic E-state index is 13.1. The molecule has 8 heteroatoms. The zero-order valence-corrected chi connectivity index (χ0v) is 29.7. The van der Waals surface area contributed by atoms with Crippen LogP contribution >= 0.6 is 0 Å². The summed E-state index contributed by atoms with van der Waals surface area (Å²) in [5, 5.41) is 12.7. The molecule has 7 rings (SSSR count). The first-order valence-corrected chi connectivity index (χ1v) is 17.8. The van der Waals surface area contributed by atoms with E-state index in [4.69, 9.17) is 9.47 Å². The second kappa shape index (κ2) is 16.0. The third-order valence-corrected chi connectivity index (χ3v) is 10.2. The van der Waals surface area contributed by atoms with E-state index >= 15 is 0 Å². The average Bonchev–Trinajstić information content (AvgIpc) is 3.20. The number of carbonyl (C=O) groups excluding carboxylic acids is 1. The molecule has 2 N–H and O–H groups in total. The van der Waals surface area contributed by atoms with E-state index in [1.54, 1.807) is 0 Å². The minimum atomic E-state index is -0.573. The summed E-state index contributed by atoms with van der Waals surface area (Å²) in [7, 11) is 2.15. The summed E-state index contributed by atoms with van der Waals surface area (Å²) in [5.74, 6) is -0.202. The number of aromatic nitrogens is 2. The van der Waals surface area contributed by atoms with Crippen LogP contribution < -0.4 is 5.32 Å². The molecule has 1 amide bonds. The fourth-order valence-electron chi connectivity index (χ4n) is 6.86. The van der Waals surface area contributed by atoms with Crippen LogP contribution in [0.25, 0.3) is 22.2 Å². The van der Waals surface area contributed by atoms with E-state index < -0.39 is 6.29 Å². The van der Waals surface area contributed by atoms with Crippen molar-refractivity contribution >= 4 is 16.9 Å². The number of rotatable bonds is 11. The molecular weight excluding hydrogens is 649 g/mol. The number of aliphatic hydroxyl groups excluding tert-OH is 1. The summed E-state index contributed by atoms with van der Waals surface area (Å²) in [6, 6.07) is 42.6. The summed E-state index contributed by atoms with van der Waals surface area (Å²) in [4.78, 5) is 24.3. The summed E-state index contributed by atoms with van der Waals surface area (Å²) in [6.45, 7) is 5.48. The number of benzene rings is 5. The zero-order chi connectivity index (χ0) is 36.0. The Balaban J connectivity index is 1.09. The van der Waals surface area contributed by atoms with E-state index in [1.807, 2.05) is 72.8 Å². The first kappa shape index (κ1) is 35.2. The van der Waals surface area contributed by atoms with Crippen LogP contribution in [-0.2, 0) is 22.6 Å². The molecule has 8 nitrogen and oxygen atoms in total. The van der Waals surface area contributed by atoms with Crippen molar-refractivity contribution < 1.29 is 19.4 Å². The van der Waals surface area contributed by atoms with Gasteiger partial charge in [-0.05, 0) is 59.5 Å². The minimum absolute atomic E-state index is 0.00112. The maximum atomic E-state index is 13.1. The number of hydrogen-bond donors (Lipinski definition) is 2. The Bertz CT molecular complexity index is 2110. The van der Waals surface area contributed by atoms with E-state index in [9.17, 15) is 9.90 Å². The van der Waals surface area contributed by atoms with Gasteiger partial charge in [-0.15, -0.1) is 0 Å². The molecule has 0 unspecified atom stereocenters. The largest absolute Gasteiger partial charge is 0.392 e. The number of nitrogens with one attached hydrogen (secondary N) is 1. The van der Waals surface area contributed by atoms with Gasteiger partial charge in [0.25, 0.3) is 5.91 Å². The van der Waals surface area contributed by atoms with E-state index in [1.165, 1.54) is 11.8 Å². The van der Waals surface area contributed by atoms with Crippen molar-refractivity contribution in [1.29, 1.82) is 0 Å². The standard InChI is InChI=1S/C44H44N4O4/c1-29-41(27-48(3)30(2)32-11-5-4-6-12-32)51-44(52-42(29)34-19-17-31(28-49)18-20-34)35-23-21-33(22-24-35)37-14-8-7-13-36(37)25-46-43(50)40-26-45-38-15-9-10-16-39(38)47-40/h4-24,26,29-30,41-42,44,49H,25,27-28H2,1-3H3,(H,46,50)/t29-,30-,41+,42+,44+/m0/s1. The maximum Gasteiger partial charge on any atom is 0.271 e. The van der Waals surface area contributed by atoms with Gasteiger partial charge in [0.2, 0.25) is 0 Å². The quantitative estimate of drug-likeness (QED) is 0.141. The minimum Gasteiger partial charge on any atom is -0.392 e. The summed E-state index contributed by atoms with van der Waals surface area (Å²) < 4.78 is 13.5. The second-order valence-corrected chi connectivity index (χ2v) is 13.6. The molecule has 0 radical (unpaired) electrons. The van der Waals surface area contributed by atoms with Crippen molar-refractivity contribution in [1.82, 2.24) is 20.2 Å². The highest BCUT2D eigenvalue weighted by molar-refractivity contribution is 5.93. The normalized spacial score (nSPS) is 19.4. The van der Waals surface area contributed by atoms with Crippen molar-refractivity contribution in [2.75, 3.05) is 13.6 Å². The Morgan fingerprint density at radius 3 is 2.25 bits per heavy atom. The third-order valence-electron chi connectivity index (χ3n) is 10.2. The highest BCUT2D eigenvalue weighted by Gasteiger charge is 2.39. The van der Waals surface area contributed by atoms with Crippen LogP contribution in [0, 0.1) is 5.92 Å². The van der Waals surface area contributed by atoms with Gasteiger partial charge in [0.15, 0.2) is 6.29 Å². The molecule has 1 aliphatic rings. The number of likely N-dealkylation sites (N-methyl/N-ethyl adjacent to an activating group) is 1. The number of ether oxygens (including phenoxy) is 2. The van der Waals surface area contributed by atoms with Crippen molar-refractivity contribution in [2.45, 2.75) is 51.5 Å². The number of carbonyl (C=O) groups is 1. The number of amides is 1. The van der Waals surface area contributed by atoms with Crippen LogP contribution in [0.15, 0.2) is 134 Å². The number of para-hydroxylation sites is 2. The van der Waals surface area contributed by atoms with Gasteiger partial charge in [-0.2, -0.15) is 0 Å². The first-order chi connectivity index (χ1) is 25.4. The molecular formula is C44H44N4O4. The van der Waals surface area contributed by atoms with E-state index in [0.717, 1.165) is 45.4 Å². The number of aliphatic hydroxyl groups is 1. The molecule has 1 aromatic heterocycles. The van der Waals surface area contributed by atoms with Gasteiger partial charge in [-0.25, -0.2) is 4.98 Å². The number of nitrogens with zero attached hydrogens (tertiary/aromatic N) is 3. The Hall–Kier alpha value is -5.25. The van der Waals surface area contributed by atoms with Crippen LogP contribution in [0.2, 0.25) is 0 Å². The van der Waals surface area contributed by atoms with Crippen LogP contribution in [0.3, 0.4) is 0 Å². The Kier molecular flexibility index (Phi) is 10.8. The lowest BCUT2D eigenvalue weighted by molar-refractivity contribution is -0.276. The van der Waals surface area contributed by atoms with Crippen molar-refractivity contribution in [3.8, 4) is 11.1 Å². The SMILES string of the molecule is C[C@H]1[C@@H](CN(C)[C@@H](C)c2ccccc2)O[C@@H](c2ccc(-c3ccccc3CNC(=O)c3cnc4ccccc4n3)cc2)O[C@H]1c1ccc(CO)cc1. The monoisotopic (exact) mass is 692 g/mol. The molecule has 0 bridgehead atoms. The van der Waals surface area contributed by atoms with Crippen LogP contribution in [0.5, 0.6) is 0 Å². The first-order valence-electron chi connectivity index (χ1n) is 17.8. The van der Waals surface area contributed by atoms with Gasteiger partial charge < -0.3 is 19.9 Å². The Labute approximate surface area is 305 Å². The average molecular weight is 693 g/mol. The fourth-order valence-corrected chi connectivity index (χ4v) is 6.86. The predicted octanol–water partition coefficient (Wildman–Crippen LogP) is 8.20. The molecule has 0 saturated carbocycles. The van der Waals surface area contributed by atoms with Crippen molar-refractivity contribution in [2.24, 2.45) is 5.92 Å². The molecule has 5 atom stereocenters. The lowest BCUT2D eigenvalue weighted by Crippen LogP contribution is -2.44. The molecule has 264 valence electrons. The second-order valence-electron chi connectivity index (χ2n) is 13.6. The number of fused-ring (bicyclic) bond motifs is 1. The van der Waals surface area contributed by atoms with E-state index in [2.05, 4.69) is 95.7 Å². The van der Waals surface area contributed by atoms with E-state index in [0.29, 0.717) is 12.1 Å². The van der Waals surface area contributed by atoms with Crippen molar-refractivity contribution in [3.63, 3.8) is 0 Å². The highest BCUT2D eigenvalue weighted by Crippen LogP contribution is 2.42. The van der Waals surface area contributed by atoms with E-state index in [-0.39, 0.29) is 42.4 Å². The summed E-state index contributed by atoms with van der Waals surface area (Å²) >= 11 is 0. The molecule has 0 aliphatic carbocycles. The summed E-state index contributed by atoms with van der Waals surface area (Å²) in [5.41, 5.74) is 8.85. The van der Waals surface area contributed by atoms with Crippen LogP contribution in [-0.4, -0.2) is 45.6 Å². The molecule has 1 aliphatic heterocycles. The lowest BCUT2D eigenvalue weighted by atomic mass is 9.89. The van der Waals surface area contributed by atoms with Gasteiger partial charge in [0.05, 0.1) is 36.0 Å². The number of hydrogen-bond acceptors (Lipinski definition) is 7. The molecule has 52 heavy (non-hydrogen) atoms. The molecule has 6 aromatic rings. The van der Waals surface area contributed by atoms with Gasteiger partial charge in [-0.3, -0.25) is 14.7 Å². The highest BCUT2D eigenvalue weighted by atomic mass is 16.7. The third kappa shape index (κ3) is 7.81. The zero-order valence-electron chi connectivity index (χ0n) is 29.7. The Morgan fingerprint density at radius 2 is 1.50 bits per heavy atom. The molecule has 1 saturated heterocycles. The molecule has 0 spiro atoms. The van der Waals surface area contributed by atoms with Gasteiger partial charge in [0, 0.05) is 30.6 Å². The molecule has 1 fully saturated rings. The smallest absolute Gasteiger partial charge is 0.271 e. The van der Waals surface area contributed by atoms with Crippen molar-refractivity contribution in [3.05, 3.63) is 167 Å². The fraction of sp³-hybridized carbons (Fsp3) is 0.250. The lowest BCUT2D eigenvalue weighted by Gasteiger charge is -2.43. The summed E-state index contributed by atoms with van der Waals surface area (Å²) in [6.07, 6.45) is 0.636.